The van der Waals surface area contributed by atoms with Crippen molar-refractivity contribution in [1.82, 2.24) is 20.2 Å². The van der Waals surface area contributed by atoms with Gasteiger partial charge in [0.1, 0.15) is 11.6 Å². The number of likely N-dealkylation sites (tertiary alicyclic amines) is 1. The van der Waals surface area contributed by atoms with Crippen LogP contribution in [0, 0.1) is 17.7 Å². The van der Waals surface area contributed by atoms with E-state index in [2.05, 4.69) is 20.2 Å². The van der Waals surface area contributed by atoms with Crippen LogP contribution in [0.2, 0.25) is 5.02 Å². The van der Waals surface area contributed by atoms with Gasteiger partial charge in [0.05, 0.1) is 30.4 Å². The van der Waals surface area contributed by atoms with E-state index in [1.54, 1.807) is 24.5 Å². The van der Waals surface area contributed by atoms with Crippen molar-refractivity contribution in [3.05, 3.63) is 47.0 Å². The van der Waals surface area contributed by atoms with Gasteiger partial charge in [-0.25, -0.2) is 14.4 Å². The summed E-state index contributed by atoms with van der Waals surface area (Å²) in [4.78, 5) is 25.2. The van der Waals surface area contributed by atoms with Gasteiger partial charge in [0, 0.05) is 50.7 Å². The van der Waals surface area contributed by atoms with Crippen molar-refractivity contribution in [2.75, 3.05) is 44.2 Å². The smallest absolute Gasteiger partial charge is 0.227 e. The molecule has 3 fully saturated rings. The largest absolute Gasteiger partial charge is 0.493 e. The zero-order chi connectivity index (χ0) is 23.5. The first-order valence-corrected chi connectivity index (χ1v) is 12.6. The van der Waals surface area contributed by atoms with E-state index in [9.17, 15) is 9.18 Å². The van der Waals surface area contributed by atoms with Crippen LogP contribution in [0.5, 0.6) is 5.75 Å². The van der Waals surface area contributed by atoms with E-state index in [1.807, 2.05) is 4.90 Å². The van der Waals surface area contributed by atoms with Gasteiger partial charge in [-0.1, -0.05) is 17.7 Å². The third-order valence-corrected chi connectivity index (χ3v) is 7.53. The number of carbonyl (C=O) groups excluding carboxylic acids is 1. The molecule has 0 saturated carbocycles. The van der Waals surface area contributed by atoms with Gasteiger partial charge in [0.25, 0.3) is 0 Å². The van der Waals surface area contributed by atoms with Crippen LogP contribution in [0.15, 0.2) is 30.6 Å². The molecule has 7 nitrogen and oxygen atoms in total. The van der Waals surface area contributed by atoms with Crippen molar-refractivity contribution in [1.29, 1.82) is 0 Å². The number of benzene rings is 1. The Hall–Kier alpha value is -2.45. The van der Waals surface area contributed by atoms with Crippen LogP contribution in [0.3, 0.4) is 0 Å². The molecule has 2 atom stereocenters. The first-order chi connectivity index (χ1) is 16.5. The minimum absolute atomic E-state index is 0.00237. The highest BCUT2D eigenvalue weighted by Gasteiger charge is 2.40. The van der Waals surface area contributed by atoms with Crippen LogP contribution >= 0.6 is 11.6 Å². The quantitative estimate of drug-likeness (QED) is 0.576. The molecule has 0 radical (unpaired) electrons. The van der Waals surface area contributed by atoms with Crippen LogP contribution in [-0.2, 0) is 11.2 Å². The van der Waals surface area contributed by atoms with Crippen molar-refractivity contribution >= 4 is 23.5 Å². The average molecular weight is 488 g/mol. The molecule has 1 aromatic carbocycles. The minimum Gasteiger partial charge on any atom is -0.493 e. The van der Waals surface area contributed by atoms with Crippen molar-refractivity contribution in [3.8, 4) is 5.75 Å². The second-order valence-corrected chi connectivity index (χ2v) is 10.1. The third kappa shape index (κ3) is 5.44. The maximum Gasteiger partial charge on any atom is 0.227 e. The molecule has 9 heteroatoms. The summed E-state index contributed by atoms with van der Waals surface area (Å²) in [5, 5.41) is 3.88. The number of anilines is 1. The number of hydrogen-bond acceptors (Lipinski definition) is 6. The van der Waals surface area contributed by atoms with Crippen molar-refractivity contribution < 1.29 is 13.9 Å². The summed E-state index contributed by atoms with van der Waals surface area (Å²) >= 11 is 5.87. The molecule has 1 amide bonds. The lowest BCUT2D eigenvalue weighted by Gasteiger charge is -2.31. The van der Waals surface area contributed by atoms with E-state index in [-0.39, 0.29) is 18.1 Å². The molecule has 1 aromatic heterocycles. The summed E-state index contributed by atoms with van der Waals surface area (Å²) in [7, 11) is 0. The van der Waals surface area contributed by atoms with Crippen LogP contribution in [0.25, 0.3) is 0 Å². The van der Waals surface area contributed by atoms with Crippen molar-refractivity contribution in [2.45, 2.75) is 38.1 Å². The Kier molecular flexibility index (Phi) is 7.15. The molecule has 182 valence electrons. The number of rotatable bonds is 8. The Balaban J connectivity index is 1.01. The van der Waals surface area contributed by atoms with Gasteiger partial charge < -0.3 is 19.9 Å². The maximum atomic E-state index is 14.6. The highest BCUT2D eigenvalue weighted by atomic mass is 35.5. The third-order valence-electron chi connectivity index (χ3n) is 7.33. The molecule has 0 spiro atoms. The molecule has 2 aromatic rings. The first kappa shape index (κ1) is 23.3. The summed E-state index contributed by atoms with van der Waals surface area (Å²) in [6.45, 7) is 4.93. The average Bonchev–Trinajstić information content (AvgIpc) is 3.13. The number of hydrogen-bond donors (Lipinski definition) is 1. The van der Waals surface area contributed by atoms with Gasteiger partial charge in [0.2, 0.25) is 11.9 Å². The topological polar surface area (TPSA) is 70.6 Å². The molecule has 3 aliphatic heterocycles. The van der Waals surface area contributed by atoms with Gasteiger partial charge in [-0.3, -0.25) is 4.79 Å². The SMILES string of the molecule is O=C(Cc1ccc(OCCCC2CCN(c3ncc(Cl)cn3)CC2)cc1F)N1C[C@H]2CN[C@H]2C1. The summed E-state index contributed by atoms with van der Waals surface area (Å²) in [6.07, 6.45) is 7.57. The fraction of sp³-hybridized carbons (Fsp3) is 0.560. The number of piperidine rings is 1. The molecule has 0 unspecified atom stereocenters. The standard InChI is InChI=1S/C25H31ClFN5O2/c26-20-13-29-25(30-14-20)31-7-5-17(6-8-31)2-1-9-34-21-4-3-18(22(27)11-21)10-24(33)32-15-19-12-28-23(19)16-32/h3-4,11,13-14,17,19,23,28H,1-2,5-10,12,15-16H2/t19-,23+/m1/s1. The molecular formula is C25H31ClFN5O2. The number of halogens is 2. The number of aromatic nitrogens is 2. The van der Waals surface area contributed by atoms with Crippen LogP contribution in [0.1, 0.15) is 31.2 Å². The minimum atomic E-state index is -0.372. The molecular weight excluding hydrogens is 457 g/mol. The Labute approximate surface area is 204 Å². The number of fused-ring (bicyclic) bond motifs is 1. The second-order valence-electron chi connectivity index (χ2n) is 9.63. The number of carbonyl (C=O) groups is 1. The van der Waals surface area contributed by atoms with E-state index >= 15 is 0 Å². The second kappa shape index (κ2) is 10.4. The fourth-order valence-corrected chi connectivity index (χ4v) is 5.24. The molecule has 0 aliphatic carbocycles. The Bertz CT molecular complexity index is 987. The van der Waals surface area contributed by atoms with Crippen LogP contribution < -0.4 is 15.0 Å². The zero-order valence-corrected chi connectivity index (χ0v) is 20.0. The fourth-order valence-electron chi connectivity index (χ4n) is 5.14. The summed E-state index contributed by atoms with van der Waals surface area (Å²) in [6, 6.07) is 5.28. The molecule has 1 N–H and O–H groups in total. The number of nitrogens with one attached hydrogen (secondary N) is 1. The van der Waals surface area contributed by atoms with Crippen LogP contribution in [0.4, 0.5) is 10.3 Å². The monoisotopic (exact) mass is 487 g/mol. The van der Waals surface area contributed by atoms with Gasteiger partial charge in [-0.05, 0) is 43.2 Å². The van der Waals surface area contributed by atoms with E-state index < -0.39 is 0 Å². The first-order valence-electron chi connectivity index (χ1n) is 12.2. The lowest BCUT2D eigenvalue weighted by Crippen LogP contribution is -2.51. The van der Waals surface area contributed by atoms with E-state index in [1.165, 1.54) is 6.07 Å². The summed E-state index contributed by atoms with van der Waals surface area (Å²) in [5.41, 5.74) is 0.431. The Morgan fingerprint density at radius 3 is 2.65 bits per heavy atom. The number of amides is 1. The van der Waals surface area contributed by atoms with E-state index in [4.69, 9.17) is 16.3 Å². The predicted octanol–water partition coefficient (Wildman–Crippen LogP) is 3.32. The van der Waals surface area contributed by atoms with Crippen molar-refractivity contribution in [3.63, 3.8) is 0 Å². The lowest BCUT2D eigenvalue weighted by molar-refractivity contribution is -0.129. The maximum absolute atomic E-state index is 14.6. The highest BCUT2D eigenvalue weighted by Crippen LogP contribution is 2.26. The van der Waals surface area contributed by atoms with E-state index in [0.29, 0.717) is 40.8 Å². The molecule has 3 aliphatic rings. The molecule has 3 saturated heterocycles. The highest BCUT2D eigenvalue weighted by molar-refractivity contribution is 6.30. The van der Waals surface area contributed by atoms with Gasteiger partial charge in [-0.2, -0.15) is 0 Å². The van der Waals surface area contributed by atoms with Gasteiger partial charge >= 0.3 is 0 Å². The van der Waals surface area contributed by atoms with Crippen LogP contribution in [-0.4, -0.2) is 66.1 Å². The number of nitrogens with zero attached hydrogens (tertiary/aromatic N) is 4. The van der Waals surface area contributed by atoms with Gasteiger partial charge in [-0.15, -0.1) is 0 Å². The molecule has 0 bridgehead atoms. The summed E-state index contributed by atoms with van der Waals surface area (Å²) in [5.74, 6) is 2.10. The lowest BCUT2D eigenvalue weighted by atomic mass is 9.92. The zero-order valence-electron chi connectivity index (χ0n) is 19.3. The summed E-state index contributed by atoms with van der Waals surface area (Å²) < 4.78 is 20.4. The van der Waals surface area contributed by atoms with E-state index in [0.717, 1.165) is 64.4 Å². The van der Waals surface area contributed by atoms with Gasteiger partial charge in [0.15, 0.2) is 0 Å². The predicted molar refractivity (Wildman–Crippen MR) is 129 cm³/mol. The Morgan fingerprint density at radius 2 is 2.00 bits per heavy atom. The normalized spacial score (nSPS) is 22.4. The molecule has 4 heterocycles. The Morgan fingerprint density at radius 1 is 1.21 bits per heavy atom. The molecule has 34 heavy (non-hydrogen) atoms. The van der Waals surface area contributed by atoms with Crippen molar-refractivity contribution in [2.24, 2.45) is 11.8 Å². The molecule has 5 rings (SSSR count). The number of ether oxygens (including phenoxy) is 1.